The number of esters is 1. The molecule has 0 aliphatic carbocycles. The highest BCUT2D eigenvalue weighted by Gasteiger charge is 2.13. The summed E-state index contributed by atoms with van der Waals surface area (Å²) < 4.78 is 29.8. The molecule has 0 N–H and O–H groups in total. The summed E-state index contributed by atoms with van der Waals surface area (Å²) in [6.45, 7) is 3.63. The lowest BCUT2D eigenvalue weighted by Gasteiger charge is -2.04. The maximum atomic E-state index is 11.7. The summed E-state index contributed by atoms with van der Waals surface area (Å²) in [5.74, 6) is -0.380. The fourth-order valence-electron chi connectivity index (χ4n) is 1.76. The van der Waals surface area contributed by atoms with Crippen LogP contribution in [0.5, 0.6) is 0 Å². The summed E-state index contributed by atoms with van der Waals surface area (Å²) in [5.41, 5.74) is 1.02. The van der Waals surface area contributed by atoms with E-state index in [1.54, 1.807) is 32.2 Å². The minimum Gasteiger partial charge on any atom is -0.462 e. The van der Waals surface area contributed by atoms with E-state index < -0.39 is 15.8 Å². The molecule has 0 aliphatic rings. The molecule has 2 rings (SSSR count). The minimum absolute atomic E-state index is 0.0567. The van der Waals surface area contributed by atoms with E-state index in [9.17, 15) is 13.2 Å². The van der Waals surface area contributed by atoms with Crippen LogP contribution >= 0.6 is 0 Å². The molecule has 1 heterocycles. The topological polar surface area (TPSA) is 78.3 Å². The molecular formula is C14H16N2O4S. The second-order valence-corrected chi connectivity index (χ2v) is 6.57. The van der Waals surface area contributed by atoms with E-state index in [-0.39, 0.29) is 10.6 Å². The number of ether oxygens (including phenoxy) is 1. The molecule has 0 radical (unpaired) electrons. The van der Waals surface area contributed by atoms with Gasteiger partial charge in [-0.1, -0.05) is 6.92 Å². The first-order valence-corrected chi connectivity index (χ1v) is 8.18. The van der Waals surface area contributed by atoms with Gasteiger partial charge in [-0.25, -0.2) is 17.9 Å². The van der Waals surface area contributed by atoms with Crippen molar-refractivity contribution in [2.24, 2.45) is 0 Å². The fraction of sp³-hybridized carbons (Fsp3) is 0.286. The van der Waals surface area contributed by atoms with Crippen LogP contribution in [0.3, 0.4) is 0 Å². The average Bonchev–Trinajstić information content (AvgIpc) is 2.97. The molecule has 0 aliphatic heterocycles. The lowest BCUT2D eigenvalue weighted by molar-refractivity contribution is 0.0526. The Balaban J connectivity index is 2.26. The third kappa shape index (κ3) is 3.30. The molecular weight excluding hydrogens is 292 g/mol. The van der Waals surface area contributed by atoms with Gasteiger partial charge in [-0.05, 0) is 31.2 Å². The number of rotatable bonds is 5. The van der Waals surface area contributed by atoms with Crippen LogP contribution in [0.4, 0.5) is 0 Å². The van der Waals surface area contributed by atoms with Crippen molar-refractivity contribution in [1.29, 1.82) is 0 Å². The van der Waals surface area contributed by atoms with Gasteiger partial charge in [0, 0.05) is 6.20 Å². The van der Waals surface area contributed by atoms with Crippen LogP contribution in [0.1, 0.15) is 24.2 Å². The quantitative estimate of drug-likeness (QED) is 0.788. The summed E-state index contributed by atoms with van der Waals surface area (Å²) in [7, 11) is -3.22. The highest BCUT2D eigenvalue weighted by molar-refractivity contribution is 7.91. The lowest BCUT2D eigenvalue weighted by Crippen LogP contribution is -2.04. The normalized spacial score (nSPS) is 11.3. The Morgan fingerprint density at radius 3 is 2.48 bits per heavy atom. The predicted octanol–water partition coefficient (Wildman–Crippen LogP) is 1.84. The second-order valence-electron chi connectivity index (χ2n) is 4.29. The molecule has 1 aromatic carbocycles. The monoisotopic (exact) mass is 308 g/mol. The Bertz CT molecular complexity index is 733. The summed E-state index contributed by atoms with van der Waals surface area (Å²) in [6.07, 6.45) is 2.95. The van der Waals surface area contributed by atoms with E-state index in [0.717, 1.165) is 0 Å². The van der Waals surface area contributed by atoms with Gasteiger partial charge in [-0.15, -0.1) is 0 Å². The zero-order valence-electron chi connectivity index (χ0n) is 11.8. The number of carbonyl (C=O) groups is 1. The standard InChI is InChI=1S/C14H16N2O4S/c1-3-20-14(17)11-9-15-16(10-11)12-5-7-13(8-6-12)21(18,19)4-2/h5-10H,3-4H2,1-2H3. The molecule has 0 saturated carbocycles. The molecule has 0 unspecified atom stereocenters. The predicted molar refractivity (Wildman–Crippen MR) is 77.2 cm³/mol. The van der Waals surface area contributed by atoms with E-state index in [4.69, 9.17) is 4.74 Å². The summed E-state index contributed by atoms with van der Waals surface area (Å²) in [4.78, 5) is 11.8. The number of nitrogens with zero attached hydrogens (tertiary/aromatic N) is 2. The van der Waals surface area contributed by atoms with Crippen molar-refractivity contribution in [1.82, 2.24) is 9.78 Å². The van der Waals surface area contributed by atoms with Crippen LogP contribution in [-0.4, -0.2) is 36.5 Å². The maximum Gasteiger partial charge on any atom is 0.341 e. The highest BCUT2D eigenvalue weighted by Crippen LogP contribution is 2.15. The van der Waals surface area contributed by atoms with Crippen molar-refractivity contribution in [3.05, 3.63) is 42.2 Å². The van der Waals surface area contributed by atoms with Crippen LogP contribution in [0.2, 0.25) is 0 Å². The van der Waals surface area contributed by atoms with Crippen molar-refractivity contribution in [2.75, 3.05) is 12.4 Å². The molecule has 6 nitrogen and oxygen atoms in total. The SMILES string of the molecule is CCOC(=O)c1cnn(-c2ccc(S(=O)(=O)CC)cc2)c1. The molecule has 21 heavy (non-hydrogen) atoms. The van der Waals surface area contributed by atoms with Gasteiger partial charge in [0.15, 0.2) is 9.84 Å². The molecule has 2 aromatic rings. The van der Waals surface area contributed by atoms with Crippen LogP contribution in [0.25, 0.3) is 5.69 Å². The van der Waals surface area contributed by atoms with Crippen molar-refractivity contribution in [3.63, 3.8) is 0 Å². The molecule has 0 spiro atoms. The Morgan fingerprint density at radius 2 is 1.90 bits per heavy atom. The van der Waals surface area contributed by atoms with Crippen molar-refractivity contribution >= 4 is 15.8 Å². The molecule has 0 atom stereocenters. The largest absolute Gasteiger partial charge is 0.462 e. The third-order valence-electron chi connectivity index (χ3n) is 2.93. The van der Waals surface area contributed by atoms with Crippen LogP contribution < -0.4 is 0 Å². The number of hydrogen-bond donors (Lipinski definition) is 0. The van der Waals surface area contributed by atoms with E-state index in [2.05, 4.69) is 5.10 Å². The van der Waals surface area contributed by atoms with Crippen LogP contribution in [0, 0.1) is 0 Å². The summed E-state index contributed by atoms with van der Waals surface area (Å²) >= 11 is 0. The summed E-state index contributed by atoms with van der Waals surface area (Å²) in [6, 6.07) is 6.34. The van der Waals surface area contributed by atoms with Crippen molar-refractivity contribution in [2.45, 2.75) is 18.7 Å². The molecule has 0 amide bonds. The number of aromatic nitrogens is 2. The lowest BCUT2D eigenvalue weighted by atomic mass is 10.3. The minimum atomic E-state index is -3.22. The van der Waals surface area contributed by atoms with Gasteiger partial charge in [-0.2, -0.15) is 5.10 Å². The first kappa shape index (κ1) is 15.2. The Hall–Kier alpha value is -2.15. The number of carbonyl (C=O) groups excluding carboxylic acids is 1. The average molecular weight is 308 g/mol. The van der Waals surface area contributed by atoms with Gasteiger partial charge in [0.2, 0.25) is 0 Å². The number of hydrogen-bond acceptors (Lipinski definition) is 5. The molecule has 7 heteroatoms. The van der Waals surface area contributed by atoms with E-state index in [1.165, 1.54) is 23.0 Å². The van der Waals surface area contributed by atoms with E-state index >= 15 is 0 Å². The maximum absolute atomic E-state index is 11.7. The highest BCUT2D eigenvalue weighted by atomic mass is 32.2. The Morgan fingerprint density at radius 1 is 1.24 bits per heavy atom. The van der Waals surface area contributed by atoms with Crippen molar-refractivity contribution < 1.29 is 17.9 Å². The second kappa shape index (κ2) is 6.09. The van der Waals surface area contributed by atoms with Gasteiger partial charge in [0.05, 0.1) is 34.7 Å². The van der Waals surface area contributed by atoms with Gasteiger partial charge >= 0.3 is 5.97 Å². The molecule has 112 valence electrons. The van der Waals surface area contributed by atoms with Crippen LogP contribution in [0.15, 0.2) is 41.6 Å². The van der Waals surface area contributed by atoms with Gasteiger partial charge in [0.1, 0.15) is 0 Å². The fourth-order valence-corrected chi connectivity index (χ4v) is 2.64. The Labute approximate surface area is 123 Å². The first-order valence-electron chi connectivity index (χ1n) is 6.53. The van der Waals surface area contributed by atoms with Gasteiger partial charge in [0.25, 0.3) is 0 Å². The van der Waals surface area contributed by atoms with Crippen LogP contribution in [-0.2, 0) is 14.6 Å². The van der Waals surface area contributed by atoms with Crippen molar-refractivity contribution in [3.8, 4) is 5.69 Å². The Kier molecular flexibility index (Phi) is 4.42. The zero-order chi connectivity index (χ0) is 15.5. The smallest absolute Gasteiger partial charge is 0.341 e. The third-order valence-corrected chi connectivity index (χ3v) is 4.68. The molecule has 0 fully saturated rings. The summed E-state index contributed by atoms with van der Waals surface area (Å²) in [5, 5.41) is 4.07. The van der Waals surface area contributed by atoms with E-state index in [0.29, 0.717) is 17.9 Å². The zero-order valence-corrected chi connectivity index (χ0v) is 12.6. The van der Waals surface area contributed by atoms with Gasteiger partial charge < -0.3 is 4.74 Å². The van der Waals surface area contributed by atoms with Gasteiger partial charge in [-0.3, -0.25) is 0 Å². The molecule has 0 saturated heterocycles. The number of benzene rings is 1. The first-order chi connectivity index (χ1) is 9.97. The number of sulfone groups is 1. The molecule has 0 bridgehead atoms. The molecule has 1 aromatic heterocycles. The van der Waals surface area contributed by atoms with E-state index in [1.807, 2.05) is 0 Å².